The number of hydrogen-bond donors (Lipinski definition) is 2. The molecule has 0 aromatic rings. The zero-order chi connectivity index (χ0) is 22.0. The van der Waals surface area contributed by atoms with Gasteiger partial charge < -0.3 is 10.2 Å². The Balaban J connectivity index is 1.92. The molecule has 1 aliphatic carbocycles. The highest BCUT2D eigenvalue weighted by molar-refractivity contribution is 6.21. The van der Waals surface area contributed by atoms with Crippen LogP contribution in [0.1, 0.15) is 122 Å². The molecule has 0 bridgehead atoms. The molecular weight excluding hydrogens is 376 g/mol. The number of rotatable bonds is 18. The average Bonchev–Trinajstić information content (AvgIpc) is 2.73. The van der Waals surface area contributed by atoms with Crippen molar-refractivity contribution in [3.05, 3.63) is 23.5 Å². The molecule has 0 radical (unpaired) electrons. The van der Waals surface area contributed by atoms with Crippen molar-refractivity contribution in [1.82, 2.24) is 0 Å². The molecule has 0 aliphatic heterocycles. The fourth-order valence-corrected chi connectivity index (χ4v) is 3.97. The fourth-order valence-electron chi connectivity index (χ4n) is 3.97. The Hall–Kier alpha value is -1.42. The number of ketones is 2. The monoisotopic (exact) mass is 420 g/mol. The summed E-state index contributed by atoms with van der Waals surface area (Å²) < 4.78 is 0. The van der Waals surface area contributed by atoms with Crippen LogP contribution in [0.3, 0.4) is 0 Å². The van der Waals surface area contributed by atoms with E-state index in [4.69, 9.17) is 0 Å². The first-order valence-corrected chi connectivity index (χ1v) is 12.4. The zero-order valence-corrected chi connectivity index (χ0v) is 19.2. The second-order valence-corrected chi connectivity index (χ2v) is 8.70. The topological polar surface area (TPSA) is 74.6 Å². The third-order valence-corrected chi connectivity index (χ3v) is 5.94. The van der Waals surface area contributed by atoms with Crippen LogP contribution in [0.4, 0.5) is 0 Å². The molecule has 0 fully saturated rings. The summed E-state index contributed by atoms with van der Waals surface area (Å²) in [4.78, 5) is 24.0. The number of aliphatic hydroxyl groups excluding tert-OH is 2. The van der Waals surface area contributed by atoms with Gasteiger partial charge in [-0.1, -0.05) is 83.3 Å². The lowest BCUT2D eigenvalue weighted by Gasteiger charge is -2.18. The quantitative estimate of drug-likeness (QED) is 0.143. The lowest BCUT2D eigenvalue weighted by Crippen LogP contribution is -2.27. The van der Waals surface area contributed by atoms with E-state index < -0.39 is 11.9 Å². The van der Waals surface area contributed by atoms with Gasteiger partial charge >= 0.3 is 0 Å². The molecule has 4 nitrogen and oxygen atoms in total. The molecule has 1 atom stereocenters. The largest absolute Gasteiger partial charge is 0.509 e. The lowest BCUT2D eigenvalue weighted by molar-refractivity contribution is -0.123. The van der Waals surface area contributed by atoms with Gasteiger partial charge in [0.1, 0.15) is 17.4 Å². The number of carbonyl (C=O) groups is 2. The zero-order valence-electron chi connectivity index (χ0n) is 19.2. The normalized spacial score (nSPS) is 17.3. The minimum Gasteiger partial charge on any atom is -0.509 e. The number of carbonyl (C=O) groups excluding carboxylic acids is 2. The van der Waals surface area contributed by atoms with E-state index in [0.29, 0.717) is 0 Å². The number of aliphatic hydroxyl groups is 2. The van der Waals surface area contributed by atoms with E-state index in [1.54, 1.807) is 0 Å². The van der Waals surface area contributed by atoms with Crippen molar-refractivity contribution in [2.24, 2.45) is 0 Å². The second-order valence-electron chi connectivity index (χ2n) is 8.70. The summed E-state index contributed by atoms with van der Waals surface area (Å²) in [7, 11) is 0. The van der Waals surface area contributed by atoms with Gasteiger partial charge in [0.05, 0.1) is 0 Å². The minimum absolute atomic E-state index is 0.141. The van der Waals surface area contributed by atoms with Crippen LogP contribution in [0.5, 0.6) is 0 Å². The Kier molecular flexibility index (Phi) is 15.3. The maximum Gasteiger partial charge on any atom is 0.170 e. The third kappa shape index (κ3) is 11.7. The molecule has 0 unspecified atom stereocenters. The van der Waals surface area contributed by atoms with Gasteiger partial charge in [-0.3, -0.25) is 9.59 Å². The molecule has 30 heavy (non-hydrogen) atoms. The molecule has 2 N–H and O–H groups in total. The van der Waals surface area contributed by atoms with Crippen LogP contribution >= 0.6 is 0 Å². The number of allylic oxidation sites excluding steroid dienone is 3. The summed E-state index contributed by atoms with van der Waals surface area (Å²) in [5, 5.41) is 19.4. The summed E-state index contributed by atoms with van der Waals surface area (Å²) in [6.07, 6.45) is 22.5. The first kappa shape index (κ1) is 26.6. The van der Waals surface area contributed by atoms with Gasteiger partial charge in [-0.2, -0.15) is 0 Å². The first-order chi connectivity index (χ1) is 14.6. The van der Waals surface area contributed by atoms with Crippen molar-refractivity contribution in [2.75, 3.05) is 0 Å². The molecule has 4 heteroatoms. The smallest absolute Gasteiger partial charge is 0.170 e. The van der Waals surface area contributed by atoms with E-state index >= 15 is 0 Å². The van der Waals surface area contributed by atoms with Crippen LogP contribution in [0, 0.1) is 0 Å². The number of Topliss-reactive ketones (excluding diaryl/α,β-unsaturated/α-hetero) is 2. The summed E-state index contributed by atoms with van der Waals surface area (Å²) in [5.41, 5.74) is -0.152. The Bertz CT molecular complexity index is 547. The Morgan fingerprint density at radius 3 is 1.93 bits per heavy atom. The Labute approximate surface area is 183 Å². The van der Waals surface area contributed by atoms with Gasteiger partial charge in [0, 0.05) is 12.8 Å². The molecule has 0 amide bonds. The molecule has 0 aromatic carbocycles. The first-order valence-electron chi connectivity index (χ1n) is 12.4. The molecule has 0 heterocycles. The molecular formula is C26H44O4. The van der Waals surface area contributed by atoms with Crippen LogP contribution in [-0.4, -0.2) is 27.9 Å². The molecule has 1 aliphatic rings. The average molecular weight is 421 g/mol. The molecule has 1 rings (SSSR count). The number of unbranched alkanes of at least 4 members (excludes halogenated alkanes) is 13. The van der Waals surface area contributed by atoms with Crippen LogP contribution in [0.15, 0.2) is 23.5 Å². The Morgan fingerprint density at radius 2 is 1.37 bits per heavy atom. The van der Waals surface area contributed by atoms with E-state index in [-0.39, 0.29) is 36.4 Å². The van der Waals surface area contributed by atoms with Crippen molar-refractivity contribution in [1.29, 1.82) is 0 Å². The van der Waals surface area contributed by atoms with Crippen molar-refractivity contribution < 1.29 is 19.8 Å². The highest BCUT2D eigenvalue weighted by Crippen LogP contribution is 2.23. The van der Waals surface area contributed by atoms with Crippen molar-refractivity contribution in [2.45, 2.75) is 129 Å². The van der Waals surface area contributed by atoms with E-state index in [1.165, 1.54) is 77.0 Å². The predicted molar refractivity (Wildman–Crippen MR) is 124 cm³/mol. The van der Waals surface area contributed by atoms with E-state index in [2.05, 4.69) is 19.1 Å². The van der Waals surface area contributed by atoms with E-state index in [0.717, 1.165) is 19.3 Å². The van der Waals surface area contributed by atoms with Gasteiger partial charge in [-0.05, 0) is 38.5 Å². The molecule has 0 saturated heterocycles. The van der Waals surface area contributed by atoms with Crippen LogP contribution < -0.4 is 0 Å². The highest BCUT2D eigenvalue weighted by atomic mass is 16.3. The predicted octanol–water partition coefficient (Wildman–Crippen LogP) is 6.91. The van der Waals surface area contributed by atoms with Crippen molar-refractivity contribution in [3.63, 3.8) is 0 Å². The van der Waals surface area contributed by atoms with Gasteiger partial charge in [-0.25, -0.2) is 0 Å². The van der Waals surface area contributed by atoms with E-state index in [1.807, 2.05) is 0 Å². The summed E-state index contributed by atoms with van der Waals surface area (Å²) in [5.74, 6) is -1.06. The minimum atomic E-state index is -1.06. The van der Waals surface area contributed by atoms with Gasteiger partial charge in [0.2, 0.25) is 0 Å². The number of hydrogen-bond acceptors (Lipinski definition) is 4. The highest BCUT2D eigenvalue weighted by Gasteiger charge is 2.30. The maximum absolute atomic E-state index is 12.2. The molecule has 172 valence electrons. The van der Waals surface area contributed by atoms with Gasteiger partial charge in [-0.15, -0.1) is 0 Å². The van der Waals surface area contributed by atoms with Gasteiger partial charge in [0.25, 0.3) is 0 Å². The third-order valence-electron chi connectivity index (χ3n) is 5.94. The van der Waals surface area contributed by atoms with Crippen molar-refractivity contribution in [3.8, 4) is 0 Å². The summed E-state index contributed by atoms with van der Waals surface area (Å²) in [6, 6.07) is 0. The van der Waals surface area contributed by atoms with E-state index in [9.17, 15) is 19.8 Å². The summed E-state index contributed by atoms with van der Waals surface area (Å²) >= 11 is 0. The summed E-state index contributed by atoms with van der Waals surface area (Å²) in [6.45, 7) is 2.24. The molecule has 0 spiro atoms. The van der Waals surface area contributed by atoms with Gasteiger partial charge in [0.15, 0.2) is 11.6 Å². The molecule has 0 saturated carbocycles. The fraction of sp³-hybridized carbons (Fsp3) is 0.769. The van der Waals surface area contributed by atoms with Crippen LogP contribution in [-0.2, 0) is 9.59 Å². The SMILES string of the molecule is CCCCCC=CCCCCCCCCCCCCC(=O)C1=C(O)[C@@H](O)CCC1=O. The Morgan fingerprint density at radius 1 is 0.867 bits per heavy atom. The second kappa shape index (κ2) is 17.3. The standard InChI is InChI=1S/C26H44O4/c1-2-3-4-5-6-7-8-9-10-11-12-13-14-15-16-17-18-19-22(27)25-23(28)20-21-24(29)26(25)30/h6-7,24,29-30H,2-5,8-21H2,1H3/t24-/m0/s1. The molecule has 0 aromatic heterocycles. The lowest BCUT2D eigenvalue weighted by atomic mass is 9.89. The van der Waals surface area contributed by atoms with Crippen molar-refractivity contribution >= 4 is 11.6 Å². The maximum atomic E-state index is 12.2. The van der Waals surface area contributed by atoms with Crippen LogP contribution in [0.2, 0.25) is 0 Å². The van der Waals surface area contributed by atoms with Crippen LogP contribution in [0.25, 0.3) is 0 Å².